The second kappa shape index (κ2) is 4.85. The van der Waals surface area contributed by atoms with Gasteiger partial charge in [-0.3, -0.25) is 18.7 Å². The van der Waals surface area contributed by atoms with Crippen molar-refractivity contribution in [3.8, 4) is 0 Å². The SMILES string of the molecule is Cn1c(=O)c2[nH]c(=O)c(N3CCOCC3)nc2n(C)c1=O. The first-order valence-corrected chi connectivity index (χ1v) is 6.53. The molecule has 1 saturated heterocycles. The summed E-state index contributed by atoms with van der Waals surface area (Å²) in [4.78, 5) is 44.7. The Morgan fingerprint density at radius 2 is 1.76 bits per heavy atom. The van der Waals surface area contributed by atoms with Gasteiger partial charge in [0.1, 0.15) is 0 Å². The normalized spacial score (nSPS) is 15.6. The number of aromatic nitrogens is 4. The lowest BCUT2D eigenvalue weighted by molar-refractivity contribution is 0.122. The third kappa shape index (κ3) is 2.05. The molecule has 2 aromatic heterocycles. The number of hydrogen-bond donors (Lipinski definition) is 1. The molecule has 21 heavy (non-hydrogen) atoms. The van der Waals surface area contributed by atoms with Crippen molar-refractivity contribution in [2.45, 2.75) is 0 Å². The summed E-state index contributed by atoms with van der Waals surface area (Å²) >= 11 is 0. The van der Waals surface area contributed by atoms with Crippen LogP contribution < -0.4 is 21.7 Å². The Hall–Kier alpha value is -2.42. The predicted molar refractivity (Wildman–Crippen MR) is 75.9 cm³/mol. The third-order valence-corrected chi connectivity index (χ3v) is 3.60. The van der Waals surface area contributed by atoms with Gasteiger partial charge in [-0.25, -0.2) is 9.78 Å². The molecule has 0 aromatic carbocycles. The zero-order valence-corrected chi connectivity index (χ0v) is 11.8. The van der Waals surface area contributed by atoms with Gasteiger partial charge in [-0.15, -0.1) is 0 Å². The number of morpholine rings is 1. The minimum atomic E-state index is -0.564. The summed E-state index contributed by atoms with van der Waals surface area (Å²) < 4.78 is 7.42. The van der Waals surface area contributed by atoms with E-state index in [1.807, 2.05) is 0 Å². The van der Waals surface area contributed by atoms with Crippen molar-refractivity contribution in [2.75, 3.05) is 31.2 Å². The van der Waals surface area contributed by atoms with Crippen LogP contribution in [0.1, 0.15) is 0 Å². The fourth-order valence-corrected chi connectivity index (χ4v) is 2.38. The predicted octanol–water partition coefficient (Wildman–Crippen LogP) is -1.84. The van der Waals surface area contributed by atoms with Crippen LogP contribution in [0.15, 0.2) is 14.4 Å². The van der Waals surface area contributed by atoms with Gasteiger partial charge in [0.2, 0.25) is 0 Å². The second-order valence-corrected chi connectivity index (χ2v) is 4.89. The van der Waals surface area contributed by atoms with E-state index in [1.165, 1.54) is 18.7 Å². The number of anilines is 1. The monoisotopic (exact) mass is 293 g/mol. The topological polar surface area (TPSA) is 102 Å². The Morgan fingerprint density at radius 1 is 1.10 bits per heavy atom. The van der Waals surface area contributed by atoms with Crippen LogP contribution in [0.5, 0.6) is 0 Å². The second-order valence-electron chi connectivity index (χ2n) is 4.89. The van der Waals surface area contributed by atoms with Gasteiger partial charge in [-0.1, -0.05) is 0 Å². The molecule has 0 unspecified atom stereocenters. The third-order valence-electron chi connectivity index (χ3n) is 3.60. The van der Waals surface area contributed by atoms with Gasteiger partial charge in [0, 0.05) is 27.2 Å². The summed E-state index contributed by atoms with van der Waals surface area (Å²) in [6, 6.07) is 0. The molecule has 1 N–H and O–H groups in total. The molecule has 1 aliphatic heterocycles. The van der Waals surface area contributed by atoms with Gasteiger partial charge >= 0.3 is 5.69 Å². The van der Waals surface area contributed by atoms with E-state index in [4.69, 9.17) is 4.74 Å². The van der Waals surface area contributed by atoms with E-state index >= 15 is 0 Å². The Morgan fingerprint density at radius 3 is 2.43 bits per heavy atom. The standard InChI is InChI=1S/C12H15N5O4/c1-15-8-7(11(19)16(2)12(15)20)13-10(18)9(14-8)17-3-5-21-6-4-17/h3-6H2,1-2H3,(H,13,18). The molecule has 0 spiro atoms. The molecular formula is C12H15N5O4. The first kappa shape index (κ1) is 13.6. The number of nitrogens with zero attached hydrogens (tertiary/aromatic N) is 4. The number of aryl methyl sites for hydroxylation is 1. The summed E-state index contributed by atoms with van der Waals surface area (Å²) in [6.45, 7) is 2.10. The van der Waals surface area contributed by atoms with Crippen molar-refractivity contribution in [3.05, 3.63) is 31.2 Å². The van der Waals surface area contributed by atoms with Gasteiger partial charge in [0.25, 0.3) is 11.1 Å². The van der Waals surface area contributed by atoms with Crippen LogP contribution in [0.3, 0.4) is 0 Å². The Bertz CT molecular complexity index is 872. The molecule has 0 radical (unpaired) electrons. The van der Waals surface area contributed by atoms with Crippen molar-refractivity contribution in [1.82, 2.24) is 19.1 Å². The van der Waals surface area contributed by atoms with Gasteiger partial charge < -0.3 is 14.6 Å². The molecule has 112 valence electrons. The minimum absolute atomic E-state index is 0.0293. The van der Waals surface area contributed by atoms with E-state index in [9.17, 15) is 14.4 Å². The van der Waals surface area contributed by atoms with Gasteiger partial charge in [0.05, 0.1) is 13.2 Å². The average molecular weight is 293 g/mol. The van der Waals surface area contributed by atoms with E-state index < -0.39 is 16.8 Å². The fourth-order valence-electron chi connectivity index (χ4n) is 2.38. The first-order chi connectivity index (χ1) is 10.0. The van der Waals surface area contributed by atoms with Crippen LogP contribution in [-0.4, -0.2) is 45.4 Å². The van der Waals surface area contributed by atoms with Crippen LogP contribution >= 0.6 is 0 Å². The number of H-pyrrole nitrogens is 1. The Kier molecular flexibility index (Phi) is 3.13. The van der Waals surface area contributed by atoms with Crippen molar-refractivity contribution in [2.24, 2.45) is 14.1 Å². The summed E-state index contributed by atoms with van der Waals surface area (Å²) in [5.74, 6) is 0.203. The molecule has 1 fully saturated rings. The van der Waals surface area contributed by atoms with Gasteiger partial charge in [-0.2, -0.15) is 0 Å². The molecule has 0 saturated carbocycles. The van der Waals surface area contributed by atoms with Crippen LogP contribution in [0.4, 0.5) is 5.82 Å². The molecule has 9 nitrogen and oxygen atoms in total. The number of nitrogens with one attached hydrogen (secondary N) is 1. The van der Waals surface area contributed by atoms with E-state index in [2.05, 4.69) is 9.97 Å². The number of fused-ring (bicyclic) bond motifs is 1. The molecule has 1 aliphatic rings. The van der Waals surface area contributed by atoms with Crippen LogP contribution in [0, 0.1) is 0 Å². The lowest BCUT2D eigenvalue weighted by atomic mass is 10.4. The highest BCUT2D eigenvalue weighted by Gasteiger charge is 2.19. The number of hydrogen-bond acceptors (Lipinski definition) is 6. The lowest BCUT2D eigenvalue weighted by Crippen LogP contribution is -2.42. The number of aromatic amines is 1. The lowest BCUT2D eigenvalue weighted by Gasteiger charge is -2.27. The largest absolute Gasteiger partial charge is 0.378 e. The maximum absolute atomic E-state index is 12.2. The van der Waals surface area contributed by atoms with E-state index in [0.29, 0.717) is 26.3 Å². The number of rotatable bonds is 1. The highest BCUT2D eigenvalue weighted by atomic mass is 16.5. The maximum atomic E-state index is 12.2. The molecule has 0 amide bonds. The van der Waals surface area contributed by atoms with Crippen molar-refractivity contribution in [1.29, 1.82) is 0 Å². The van der Waals surface area contributed by atoms with E-state index in [1.54, 1.807) is 4.90 Å². The fraction of sp³-hybridized carbons (Fsp3) is 0.500. The van der Waals surface area contributed by atoms with Crippen molar-refractivity contribution >= 4 is 17.0 Å². The Balaban J connectivity index is 2.31. The molecule has 9 heteroatoms. The first-order valence-electron chi connectivity index (χ1n) is 6.53. The van der Waals surface area contributed by atoms with Gasteiger partial charge in [0.15, 0.2) is 17.0 Å². The molecule has 0 bridgehead atoms. The quantitative estimate of drug-likeness (QED) is 0.662. The van der Waals surface area contributed by atoms with E-state index in [-0.39, 0.29) is 17.0 Å². The molecule has 0 aliphatic carbocycles. The van der Waals surface area contributed by atoms with Crippen LogP contribution in [0.25, 0.3) is 11.2 Å². The molecule has 0 atom stereocenters. The smallest absolute Gasteiger partial charge is 0.332 e. The van der Waals surface area contributed by atoms with Crippen LogP contribution in [0.2, 0.25) is 0 Å². The maximum Gasteiger partial charge on any atom is 0.332 e. The van der Waals surface area contributed by atoms with Crippen molar-refractivity contribution < 1.29 is 4.74 Å². The van der Waals surface area contributed by atoms with Crippen LogP contribution in [-0.2, 0) is 18.8 Å². The molecule has 3 heterocycles. The van der Waals surface area contributed by atoms with E-state index in [0.717, 1.165) is 4.57 Å². The minimum Gasteiger partial charge on any atom is -0.378 e. The zero-order chi connectivity index (χ0) is 15.1. The number of ether oxygens (including phenoxy) is 1. The zero-order valence-electron chi connectivity index (χ0n) is 11.8. The summed E-state index contributed by atoms with van der Waals surface area (Å²) in [7, 11) is 2.87. The average Bonchev–Trinajstić information content (AvgIpc) is 2.51. The highest BCUT2D eigenvalue weighted by molar-refractivity contribution is 5.70. The summed E-state index contributed by atoms with van der Waals surface area (Å²) in [5, 5.41) is 0. The Labute approximate surface area is 118 Å². The molecular weight excluding hydrogens is 278 g/mol. The molecule has 3 rings (SSSR count). The summed E-state index contributed by atoms with van der Waals surface area (Å²) in [6.07, 6.45) is 0. The van der Waals surface area contributed by atoms with Crippen molar-refractivity contribution in [3.63, 3.8) is 0 Å². The van der Waals surface area contributed by atoms with Gasteiger partial charge in [-0.05, 0) is 0 Å². The molecule has 2 aromatic rings. The highest BCUT2D eigenvalue weighted by Crippen LogP contribution is 2.09. The summed E-state index contributed by atoms with van der Waals surface area (Å²) in [5.41, 5.74) is -1.29.